The van der Waals surface area contributed by atoms with Crippen LogP contribution in [0, 0.1) is 17.1 Å². The van der Waals surface area contributed by atoms with Crippen LogP contribution < -0.4 is 10.5 Å². The van der Waals surface area contributed by atoms with Crippen LogP contribution >= 0.6 is 11.6 Å². The summed E-state index contributed by atoms with van der Waals surface area (Å²) in [6.45, 7) is 0.216. The average Bonchev–Trinajstić information content (AvgIpc) is 2.61. The summed E-state index contributed by atoms with van der Waals surface area (Å²) < 4.78 is 19.5. The molecule has 2 N–H and O–H groups in total. The minimum Gasteiger partial charge on any atom is -0.488 e. The zero-order chi connectivity index (χ0) is 17.6. The van der Waals surface area contributed by atoms with Crippen LogP contribution in [0.5, 0.6) is 5.75 Å². The van der Waals surface area contributed by atoms with Gasteiger partial charge in [0.05, 0.1) is 5.69 Å². The molecule has 122 valence electrons. The Hall–Kier alpha value is -3.10. The van der Waals surface area contributed by atoms with E-state index < -0.39 is 5.82 Å². The molecule has 4 nitrogen and oxygen atoms in total. The van der Waals surface area contributed by atoms with Gasteiger partial charge in [0.25, 0.3) is 0 Å². The van der Waals surface area contributed by atoms with Crippen molar-refractivity contribution < 1.29 is 9.13 Å². The Morgan fingerprint density at radius 2 is 1.96 bits per heavy atom. The fourth-order valence-electron chi connectivity index (χ4n) is 3.01. The lowest BCUT2D eigenvalue weighted by atomic mass is 9.90. The molecule has 2 heterocycles. The highest BCUT2D eigenvalue weighted by atomic mass is 35.5. The number of pyridine rings is 1. The molecule has 4 rings (SSSR count). The van der Waals surface area contributed by atoms with Gasteiger partial charge in [0.2, 0.25) is 0 Å². The number of ether oxygens (including phenoxy) is 1. The van der Waals surface area contributed by atoms with Gasteiger partial charge < -0.3 is 10.5 Å². The molecule has 25 heavy (non-hydrogen) atoms. The van der Waals surface area contributed by atoms with Crippen LogP contribution in [-0.4, -0.2) is 4.98 Å². The van der Waals surface area contributed by atoms with Crippen molar-refractivity contribution in [2.75, 3.05) is 5.73 Å². The number of benzene rings is 2. The molecule has 0 fully saturated rings. The number of nitrogens with two attached hydrogens (primary N) is 1. The van der Waals surface area contributed by atoms with Crippen molar-refractivity contribution in [1.82, 2.24) is 4.98 Å². The number of rotatable bonds is 1. The van der Waals surface area contributed by atoms with Crippen molar-refractivity contribution in [3.05, 3.63) is 64.4 Å². The molecule has 0 bridgehead atoms. The maximum Gasteiger partial charge on any atom is 0.142 e. The lowest BCUT2D eigenvalue weighted by molar-refractivity contribution is 0.302. The minimum atomic E-state index is -0.414. The minimum absolute atomic E-state index is 0.100. The van der Waals surface area contributed by atoms with E-state index in [0.29, 0.717) is 33.2 Å². The first-order chi connectivity index (χ1) is 12.1. The van der Waals surface area contributed by atoms with Gasteiger partial charge in [-0.2, -0.15) is 5.26 Å². The summed E-state index contributed by atoms with van der Waals surface area (Å²) in [7, 11) is 0. The maximum absolute atomic E-state index is 13.8. The van der Waals surface area contributed by atoms with Crippen molar-refractivity contribution >= 4 is 17.4 Å². The van der Waals surface area contributed by atoms with Gasteiger partial charge in [-0.3, -0.25) is 0 Å². The molecule has 1 aliphatic heterocycles. The molecule has 6 heteroatoms. The molecule has 3 aromatic rings. The van der Waals surface area contributed by atoms with Crippen LogP contribution in [0.3, 0.4) is 0 Å². The van der Waals surface area contributed by atoms with E-state index in [1.165, 1.54) is 12.1 Å². The maximum atomic E-state index is 13.8. The number of nitrogen functional groups attached to an aromatic ring is 1. The molecule has 0 aliphatic carbocycles. The van der Waals surface area contributed by atoms with E-state index in [1.54, 1.807) is 18.2 Å². The number of aromatic nitrogens is 1. The molecule has 0 spiro atoms. The molecular weight excluding hydrogens is 341 g/mol. The fraction of sp³-hybridized carbons (Fsp3) is 0.0526. The van der Waals surface area contributed by atoms with E-state index in [9.17, 15) is 9.65 Å². The van der Waals surface area contributed by atoms with E-state index in [4.69, 9.17) is 22.1 Å². The van der Waals surface area contributed by atoms with Gasteiger partial charge in [0.1, 0.15) is 35.6 Å². The summed E-state index contributed by atoms with van der Waals surface area (Å²) in [4.78, 5) is 4.39. The van der Waals surface area contributed by atoms with Crippen LogP contribution in [0.25, 0.3) is 22.4 Å². The first-order valence-electron chi connectivity index (χ1n) is 7.49. The Kier molecular flexibility index (Phi) is 3.56. The monoisotopic (exact) mass is 351 g/mol. The summed E-state index contributed by atoms with van der Waals surface area (Å²) in [5, 5.41) is 10.1. The lowest BCUT2D eigenvalue weighted by Crippen LogP contribution is -2.12. The Labute approximate surface area is 148 Å². The topological polar surface area (TPSA) is 71.9 Å². The van der Waals surface area contributed by atoms with Gasteiger partial charge in [0, 0.05) is 27.3 Å². The van der Waals surface area contributed by atoms with Gasteiger partial charge in [-0.25, -0.2) is 9.37 Å². The van der Waals surface area contributed by atoms with Crippen molar-refractivity contribution in [2.24, 2.45) is 0 Å². The number of hydrogen-bond acceptors (Lipinski definition) is 4. The van der Waals surface area contributed by atoms with E-state index in [0.717, 1.165) is 5.56 Å². The lowest BCUT2D eigenvalue weighted by Gasteiger charge is -2.24. The smallest absolute Gasteiger partial charge is 0.142 e. The number of halogens is 2. The van der Waals surface area contributed by atoms with Gasteiger partial charge in [-0.1, -0.05) is 23.7 Å². The number of nitrogens with zero attached hydrogens (tertiary/aromatic N) is 2. The zero-order valence-corrected chi connectivity index (χ0v) is 13.6. The largest absolute Gasteiger partial charge is 0.488 e. The molecule has 0 saturated carbocycles. The quantitative estimate of drug-likeness (QED) is 0.697. The molecule has 0 amide bonds. The Bertz CT molecular complexity index is 1040. The summed E-state index contributed by atoms with van der Waals surface area (Å²) >= 11 is 5.95. The van der Waals surface area contributed by atoms with Crippen LogP contribution in [0.15, 0.2) is 42.5 Å². The SMILES string of the molecule is N#Cc1c(N)nc(-c2ccc(Cl)cc2)c2c1-c1cc(F)ccc1OC2. The number of nitriles is 1. The molecule has 0 atom stereocenters. The standard InChI is InChI=1S/C19H11ClFN3O/c20-11-3-1-10(2-4-11)18-15-9-25-16-6-5-12(21)7-13(16)17(15)14(8-22)19(23)24-18/h1-7H,9H2,(H2,23,24). The predicted octanol–water partition coefficient (Wildman–Crippen LogP) is 4.55. The summed E-state index contributed by atoms with van der Waals surface area (Å²) in [5.74, 6) is 0.198. The third-order valence-corrected chi connectivity index (χ3v) is 4.39. The highest BCUT2D eigenvalue weighted by Gasteiger charge is 2.27. The first-order valence-corrected chi connectivity index (χ1v) is 7.87. The Morgan fingerprint density at radius 1 is 1.20 bits per heavy atom. The number of anilines is 1. The molecule has 0 saturated heterocycles. The molecular formula is C19H11ClFN3O. The normalized spacial score (nSPS) is 11.9. The third-order valence-electron chi connectivity index (χ3n) is 4.14. The van der Waals surface area contributed by atoms with E-state index in [1.807, 2.05) is 12.1 Å². The Balaban J connectivity index is 2.06. The second-order valence-corrected chi connectivity index (χ2v) is 6.06. The molecule has 1 aliphatic rings. The van der Waals surface area contributed by atoms with E-state index in [-0.39, 0.29) is 18.0 Å². The van der Waals surface area contributed by atoms with Gasteiger partial charge in [-0.05, 0) is 30.3 Å². The van der Waals surface area contributed by atoms with Gasteiger partial charge in [-0.15, -0.1) is 0 Å². The summed E-state index contributed by atoms with van der Waals surface area (Å²) in [6.07, 6.45) is 0. The average molecular weight is 352 g/mol. The predicted molar refractivity (Wildman–Crippen MR) is 93.5 cm³/mol. The second-order valence-electron chi connectivity index (χ2n) is 5.62. The molecule has 1 aromatic heterocycles. The summed E-state index contributed by atoms with van der Waals surface area (Å²) in [5.41, 5.74) is 9.41. The van der Waals surface area contributed by atoms with Gasteiger partial charge in [0.15, 0.2) is 0 Å². The first kappa shape index (κ1) is 15.4. The van der Waals surface area contributed by atoms with Gasteiger partial charge >= 0.3 is 0 Å². The van der Waals surface area contributed by atoms with E-state index in [2.05, 4.69) is 11.1 Å². The molecule has 0 unspecified atom stereocenters. The Morgan fingerprint density at radius 3 is 2.68 bits per heavy atom. The van der Waals surface area contributed by atoms with Crippen molar-refractivity contribution in [2.45, 2.75) is 6.61 Å². The van der Waals surface area contributed by atoms with Crippen LogP contribution in [0.2, 0.25) is 5.02 Å². The van der Waals surface area contributed by atoms with Crippen molar-refractivity contribution in [1.29, 1.82) is 5.26 Å². The van der Waals surface area contributed by atoms with Crippen molar-refractivity contribution in [3.8, 4) is 34.2 Å². The number of hydrogen-bond donors (Lipinski definition) is 1. The van der Waals surface area contributed by atoms with Crippen LogP contribution in [-0.2, 0) is 6.61 Å². The van der Waals surface area contributed by atoms with E-state index >= 15 is 0 Å². The summed E-state index contributed by atoms with van der Waals surface area (Å²) in [6, 6.07) is 13.4. The fourth-order valence-corrected chi connectivity index (χ4v) is 3.14. The molecule has 0 radical (unpaired) electrons. The van der Waals surface area contributed by atoms with Crippen LogP contribution in [0.1, 0.15) is 11.1 Å². The molecule has 2 aromatic carbocycles. The van der Waals surface area contributed by atoms with Crippen molar-refractivity contribution in [3.63, 3.8) is 0 Å². The van der Waals surface area contributed by atoms with Crippen LogP contribution in [0.4, 0.5) is 10.2 Å². The highest BCUT2D eigenvalue weighted by Crippen LogP contribution is 2.44. The third kappa shape index (κ3) is 2.48. The zero-order valence-electron chi connectivity index (χ0n) is 12.9. The highest BCUT2D eigenvalue weighted by molar-refractivity contribution is 6.30. The second kappa shape index (κ2) is 5.76. The number of fused-ring (bicyclic) bond motifs is 3.